The summed E-state index contributed by atoms with van der Waals surface area (Å²) in [6, 6.07) is 26.5. The first-order valence-corrected chi connectivity index (χ1v) is 9.64. The molecule has 0 bridgehead atoms. The Bertz CT molecular complexity index is 1300. The number of rotatable bonds is 3. The van der Waals surface area contributed by atoms with E-state index in [-0.39, 0.29) is 5.91 Å². The van der Waals surface area contributed by atoms with Crippen molar-refractivity contribution >= 4 is 54.1 Å². The van der Waals surface area contributed by atoms with Crippen molar-refractivity contribution in [1.82, 2.24) is 4.98 Å². The molecule has 27 heavy (non-hydrogen) atoms. The van der Waals surface area contributed by atoms with Gasteiger partial charge >= 0.3 is 0 Å². The van der Waals surface area contributed by atoms with Gasteiger partial charge in [-0.3, -0.25) is 4.79 Å². The Morgan fingerprint density at radius 2 is 1.52 bits per heavy atom. The van der Waals surface area contributed by atoms with Crippen LogP contribution in [0.4, 0.5) is 5.13 Å². The van der Waals surface area contributed by atoms with Crippen LogP contribution in [0.2, 0.25) is 0 Å². The Hall–Kier alpha value is -3.24. The molecule has 1 N–H and O–H groups in total. The quantitative estimate of drug-likeness (QED) is 0.438. The van der Waals surface area contributed by atoms with Crippen LogP contribution in [0.3, 0.4) is 0 Å². The fourth-order valence-corrected chi connectivity index (χ4v) is 4.40. The zero-order chi connectivity index (χ0) is 18.2. The molecule has 4 heteroatoms. The third-order valence-electron chi connectivity index (χ3n) is 4.76. The molecule has 1 aromatic heterocycles. The second kappa shape index (κ2) is 6.49. The van der Waals surface area contributed by atoms with Crippen LogP contribution in [0.15, 0.2) is 78.9 Å². The maximum Gasteiger partial charge on any atom is 0.230 e. The number of carbonyl (C=O) groups excluding carboxylic acids is 1. The van der Waals surface area contributed by atoms with Gasteiger partial charge < -0.3 is 5.32 Å². The Morgan fingerprint density at radius 1 is 0.815 bits per heavy atom. The number of nitrogens with zero attached hydrogens (tertiary/aromatic N) is 1. The van der Waals surface area contributed by atoms with Gasteiger partial charge in [0.15, 0.2) is 5.13 Å². The second-order valence-electron chi connectivity index (χ2n) is 6.52. The van der Waals surface area contributed by atoms with E-state index in [2.05, 4.69) is 52.8 Å². The fraction of sp³-hybridized carbons (Fsp3) is 0.0435. The van der Waals surface area contributed by atoms with Crippen LogP contribution in [-0.2, 0) is 11.2 Å². The molecule has 0 spiro atoms. The third-order valence-corrected chi connectivity index (χ3v) is 5.70. The molecule has 0 aliphatic heterocycles. The van der Waals surface area contributed by atoms with Crippen LogP contribution in [0.5, 0.6) is 0 Å². The number of nitrogens with one attached hydrogen (secondary N) is 1. The third kappa shape index (κ3) is 2.94. The standard InChI is InChI=1S/C23H16N2OS/c26-21(14-17-9-5-8-15-6-1-3-10-18(15)17)24-23-25-22-19-11-4-2-7-16(19)12-13-20(22)27-23/h1-13H,14H2,(H,24,25,26). The largest absolute Gasteiger partial charge is 0.302 e. The van der Waals surface area contributed by atoms with Gasteiger partial charge in [0.25, 0.3) is 0 Å². The lowest BCUT2D eigenvalue weighted by molar-refractivity contribution is -0.115. The van der Waals surface area contributed by atoms with Gasteiger partial charge in [0.05, 0.1) is 16.6 Å². The summed E-state index contributed by atoms with van der Waals surface area (Å²) in [4.78, 5) is 17.3. The monoisotopic (exact) mass is 368 g/mol. The molecule has 0 aliphatic rings. The molecule has 1 heterocycles. The predicted molar refractivity (Wildman–Crippen MR) is 113 cm³/mol. The lowest BCUT2D eigenvalue weighted by atomic mass is 10.0. The molecule has 5 aromatic rings. The molecule has 0 radical (unpaired) electrons. The zero-order valence-electron chi connectivity index (χ0n) is 14.5. The topological polar surface area (TPSA) is 42.0 Å². The van der Waals surface area contributed by atoms with E-state index in [1.807, 2.05) is 36.4 Å². The summed E-state index contributed by atoms with van der Waals surface area (Å²) in [6.07, 6.45) is 0.331. The average molecular weight is 368 g/mol. The molecule has 1 amide bonds. The van der Waals surface area contributed by atoms with E-state index in [1.54, 1.807) is 0 Å². The van der Waals surface area contributed by atoms with Gasteiger partial charge in [0, 0.05) is 5.39 Å². The Morgan fingerprint density at radius 3 is 2.37 bits per heavy atom. The zero-order valence-corrected chi connectivity index (χ0v) is 15.3. The maximum absolute atomic E-state index is 12.6. The van der Waals surface area contributed by atoms with Gasteiger partial charge in [-0.05, 0) is 27.8 Å². The van der Waals surface area contributed by atoms with Crippen molar-refractivity contribution < 1.29 is 4.79 Å². The lowest BCUT2D eigenvalue weighted by Crippen LogP contribution is -2.14. The number of fused-ring (bicyclic) bond motifs is 4. The number of amides is 1. The highest BCUT2D eigenvalue weighted by Crippen LogP contribution is 2.31. The van der Waals surface area contributed by atoms with E-state index >= 15 is 0 Å². The molecule has 0 fully saturated rings. The summed E-state index contributed by atoms with van der Waals surface area (Å²) in [6.45, 7) is 0. The number of benzene rings is 4. The van der Waals surface area contributed by atoms with Crippen LogP contribution in [0.25, 0.3) is 31.8 Å². The minimum atomic E-state index is -0.0466. The molecule has 0 aliphatic carbocycles. The van der Waals surface area contributed by atoms with Crippen molar-refractivity contribution in [1.29, 1.82) is 0 Å². The van der Waals surface area contributed by atoms with E-state index in [0.29, 0.717) is 11.6 Å². The number of aromatic nitrogens is 1. The smallest absolute Gasteiger partial charge is 0.230 e. The normalized spacial score (nSPS) is 11.3. The highest BCUT2D eigenvalue weighted by molar-refractivity contribution is 7.22. The van der Waals surface area contributed by atoms with Crippen molar-refractivity contribution in [3.8, 4) is 0 Å². The lowest BCUT2D eigenvalue weighted by Gasteiger charge is -2.06. The van der Waals surface area contributed by atoms with Crippen LogP contribution in [0, 0.1) is 0 Å². The molecule has 130 valence electrons. The van der Waals surface area contributed by atoms with E-state index in [0.717, 1.165) is 37.3 Å². The predicted octanol–water partition coefficient (Wildman–Crippen LogP) is 5.78. The molecule has 0 atom stereocenters. The average Bonchev–Trinajstić information content (AvgIpc) is 3.11. The first-order chi connectivity index (χ1) is 13.3. The van der Waals surface area contributed by atoms with Crippen LogP contribution in [0.1, 0.15) is 5.56 Å². The van der Waals surface area contributed by atoms with Gasteiger partial charge in [-0.15, -0.1) is 0 Å². The van der Waals surface area contributed by atoms with Gasteiger partial charge in [0.2, 0.25) is 5.91 Å². The summed E-state index contributed by atoms with van der Waals surface area (Å²) < 4.78 is 1.08. The van der Waals surface area contributed by atoms with Crippen molar-refractivity contribution in [3.05, 3.63) is 84.4 Å². The number of hydrogen-bond donors (Lipinski definition) is 1. The number of thiazole rings is 1. The molecular weight excluding hydrogens is 352 g/mol. The Kier molecular flexibility index (Phi) is 3.84. The minimum absolute atomic E-state index is 0.0466. The molecular formula is C23H16N2OS. The fourth-order valence-electron chi connectivity index (χ4n) is 3.50. The van der Waals surface area contributed by atoms with Gasteiger partial charge in [-0.2, -0.15) is 0 Å². The molecule has 4 aromatic carbocycles. The summed E-state index contributed by atoms with van der Waals surface area (Å²) in [5, 5.41) is 8.15. The van der Waals surface area contributed by atoms with Crippen molar-refractivity contribution in [2.45, 2.75) is 6.42 Å². The summed E-state index contributed by atoms with van der Waals surface area (Å²) in [7, 11) is 0. The Balaban J connectivity index is 1.44. The number of hydrogen-bond acceptors (Lipinski definition) is 3. The molecule has 0 unspecified atom stereocenters. The summed E-state index contributed by atoms with van der Waals surface area (Å²) in [5.74, 6) is -0.0466. The van der Waals surface area contributed by atoms with Gasteiger partial charge in [-0.25, -0.2) is 4.98 Å². The summed E-state index contributed by atoms with van der Waals surface area (Å²) in [5.41, 5.74) is 1.97. The van der Waals surface area contributed by atoms with Gasteiger partial charge in [-0.1, -0.05) is 84.1 Å². The van der Waals surface area contributed by atoms with Crippen LogP contribution < -0.4 is 5.32 Å². The molecule has 0 saturated heterocycles. The minimum Gasteiger partial charge on any atom is -0.302 e. The van der Waals surface area contributed by atoms with E-state index in [1.165, 1.54) is 11.3 Å². The molecule has 3 nitrogen and oxygen atoms in total. The SMILES string of the molecule is O=C(Cc1cccc2ccccc12)Nc1nc2c(ccc3ccccc32)s1. The van der Waals surface area contributed by atoms with E-state index in [9.17, 15) is 4.79 Å². The molecule has 5 rings (SSSR count). The Labute approximate surface area is 160 Å². The van der Waals surface area contributed by atoms with Crippen molar-refractivity contribution in [2.24, 2.45) is 0 Å². The number of carbonyl (C=O) groups is 1. The van der Waals surface area contributed by atoms with Crippen LogP contribution >= 0.6 is 11.3 Å². The first-order valence-electron chi connectivity index (χ1n) is 8.83. The van der Waals surface area contributed by atoms with E-state index < -0.39 is 0 Å². The highest BCUT2D eigenvalue weighted by Gasteiger charge is 2.12. The summed E-state index contributed by atoms with van der Waals surface area (Å²) >= 11 is 1.51. The highest BCUT2D eigenvalue weighted by atomic mass is 32.1. The molecule has 0 saturated carbocycles. The number of anilines is 1. The first kappa shape index (κ1) is 16.0. The van der Waals surface area contributed by atoms with Crippen molar-refractivity contribution in [2.75, 3.05) is 5.32 Å². The van der Waals surface area contributed by atoms with Gasteiger partial charge in [0.1, 0.15) is 0 Å². The van der Waals surface area contributed by atoms with Crippen molar-refractivity contribution in [3.63, 3.8) is 0 Å². The second-order valence-corrected chi connectivity index (χ2v) is 7.55. The maximum atomic E-state index is 12.6. The van der Waals surface area contributed by atoms with E-state index in [4.69, 9.17) is 0 Å². The van der Waals surface area contributed by atoms with Crippen LogP contribution in [-0.4, -0.2) is 10.9 Å².